The van der Waals surface area contributed by atoms with Gasteiger partial charge < -0.3 is 30.4 Å². The molecule has 2 aliphatic rings. The Balaban J connectivity index is 0.921. The molecule has 0 spiro atoms. The number of aliphatic hydroxyl groups is 1. The Morgan fingerprint density at radius 1 is 0.897 bits per heavy atom. The maximum atomic E-state index is 14.0. The molecule has 13 nitrogen and oxygen atoms in total. The van der Waals surface area contributed by atoms with Crippen molar-refractivity contribution in [2.45, 2.75) is 50.7 Å². The molecule has 0 bridgehead atoms. The van der Waals surface area contributed by atoms with E-state index in [4.69, 9.17) is 11.6 Å². The number of carbonyl (C=O) groups is 3. The van der Waals surface area contributed by atoms with E-state index in [1.807, 2.05) is 35.2 Å². The number of aromatic nitrogens is 3. The van der Waals surface area contributed by atoms with Crippen molar-refractivity contribution in [3.8, 4) is 0 Å². The number of likely N-dealkylation sites (N-methyl/N-ethyl adjacent to an activating group) is 1. The highest BCUT2D eigenvalue weighted by Gasteiger charge is 2.36. The molecule has 2 aromatic heterocycles. The first-order valence-corrected chi connectivity index (χ1v) is 20.5. The van der Waals surface area contributed by atoms with Crippen LogP contribution in [0.15, 0.2) is 90.1 Å². The molecule has 14 heteroatoms. The van der Waals surface area contributed by atoms with Crippen molar-refractivity contribution in [1.29, 1.82) is 0 Å². The zero-order chi connectivity index (χ0) is 40.6. The number of fused-ring (bicyclic) bond motifs is 2. The van der Waals surface area contributed by atoms with Gasteiger partial charge >= 0.3 is 0 Å². The Morgan fingerprint density at radius 2 is 1.64 bits per heavy atom. The highest BCUT2D eigenvalue weighted by atomic mass is 35.5. The number of piperidine rings is 1. The van der Waals surface area contributed by atoms with Crippen molar-refractivity contribution in [3.63, 3.8) is 0 Å². The number of benzene rings is 3. The molecule has 3 N–H and O–H groups in total. The molecule has 1 atom stereocenters. The number of halogens is 1. The minimum Gasteiger partial charge on any atom is -0.388 e. The maximum Gasteiger partial charge on any atom is 0.261 e. The van der Waals surface area contributed by atoms with Gasteiger partial charge in [0.05, 0.1) is 39.9 Å². The van der Waals surface area contributed by atoms with Crippen LogP contribution in [0.5, 0.6) is 0 Å². The molecule has 2 saturated heterocycles. The Bertz CT molecular complexity index is 2300. The molecule has 3 aromatic carbocycles. The Hall–Kier alpha value is -5.21. The number of hydrogen-bond donors (Lipinski definition) is 3. The smallest absolute Gasteiger partial charge is 0.261 e. The molecule has 4 heterocycles. The molecule has 3 amide bonds. The van der Waals surface area contributed by atoms with Gasteiger partial charge in [-0.3, -0.25) is 28.7 Å². The maximum absolute atomic E-state index is 14.0. The number of rotatable bonds is 14. The Labute approximate surface area is 343 Å². The monoisotopic (exact) mass is 806 g/mol. The summed E-state index contributed by atoms with van der Waals surface area (Å²) in [5.41, 5.74) is 1.76. The van der Waals surface area contributed by atoms with Gasteiger partial charge in [-0.2, -0.15) is 0 Å². The highest BCUT2D eigenvalue weighted by molar-refractivity contribution is 6.35. The summed E-state index contributed by atoms with van der Waals surface area (Å²) in [4.78, 5) is 68.4. The van der Waals surface area contributed by atoms with Gasteiger partial charge in [0.25, 0.3) is 11.5 Å². The van der Waals surface area contributed by atoms with Crippen LogP contribution in [-0.4, -0.2) is 117 Å². The average molecular weight is 807 g/mol. The molecule has 7 rings (SSSR count). The van der Waals surface area contributed by atoms with Crippen LogP contribution in [0.4, 0.5) is 5.69 Å². The van der Waals surface area contributed by atoms with Crippen LogP contribution in [-0.2, 0) is 22.6 Å². The first-order chi connectivity index (χ1) is 28.0. The number of pyridine rings is 1. The van der Waals surface area contributed by atoms with Crippen molar-refractivity contribution in [3.05, 3.63) is 112 Å². The predicted octanol–water partition coefficient (Wildman–Crippen LogP) is 4.60. The van der Waals surface area contributed by atoms with E-state index in [-0.39, 0.29) is 35.7 Å². The minimum atomic E-state index is -1.20. The lowest BCUT2D eigenvalue weighted by Crippen LogP contribution is -2.51. The molecule has 2 aliphatic heterocycles. The number of hydrogen-bond acceptors (Lipinski definition) is 9. The SMILES string of the molecule is CN1CCN(CCC(=O)Nc2ccc3c(=O)n(CC4(O)CCN(C(=O)[C@@H](CCCNC(=O)c5ccc6c(Cl)ccnc6c5)Cc5ccccc5)CC4)cnc3c2)CC1. The van der Waals surface area contributed by atoms with Gasteiger partial charge in [0.1, 0.15) is 0 Å². The van der Waals surface area contributed by atoms with Crippen molar-refractivity contribution < 1.29 is 19.5 Å². The summed E-state index contributed by atoms with van der Waals surface area (Å²) >= 11 is 6.26. The molecular weight excluding hydrogens is 756 g/mol. The van der Waals surface area contributed by atoms with Gasteiger partial charge in [-0.05, 0) is 81.1 Å². The largest absolute Gasteiger partial charge is 0.388 e. The van der Waals surface area contributed by atoms with E-state index in [1.54, 1.807) is 48.7 Å². The molecule has 5 aromatic rings. The summed E-state index contributed by atoms with van der Waals surface area (Å²) in [5, 5.41) is 19.3. The number of anilines is 1. The first-order valence-electron chi connectivity index (χ1n) is 20.1. The first kappa shape index (κ1) is 41.0. The van der Waals surface area contributed by atoms with Gasteiger partial charge in [0.15, 0.2) is 0 Å². The lowest BCUT2D eigenvalue weighted by Gasteiger charge is -2.39. The van der Waals surface area contributed by atoms with E-state index in [0.29, 0.717) is 97.4 Å². The fourth-order valence-corrected chi connectivity index (χ4v) is 8.11. The van der Waals surface area contributed by atoms with Gasteiger partial charge in [-0.15, -0.1) is 0 Å². The number of likely N-dealkylation sites (tertiary alicyclic amines) is 1. The van der Waals surface area contributed by atoms with Crippen LogP contribution in [0.3, 0.4) is 0 Å². The second kappa shape index (κ2) is 18.6. The van der Waals surface area contributed by atoms with Crippen LogP contribution < -0.4 is 16.2 Å². The lowest BCUT2D eigenvalue weighted by atomic mass is 9.88. The highest BCUT2D eigenvalue weighted by Crippen LogP contribution is 2.27. The molecular formula is C44H51ClN8O5. The van der Waals surface area contributed by atoms with E-state index >= 15 is 0 Å². The number of amides is 3. The van der Waals surface area contributed by atoms with E-state index in [0.717, 1.165) is 37.1 Å². The van der Waals surface area contributed by atoms with Crippen LogP contribution in [0.1, 0.15) is 48.0 Å². The summed E-state index contributed by atoms with van der Waals surface area (Å²) < 4.78 is 1.43. The third kappa shape index (κ3) is 10.3. The summed E-state index contributed by atoms with van der Waals surface area (Å²) in [5.74, 6) is -0.597. The summed E-state index contributed by atoms with van der Waals surface area (Å²) in [6.07, 6.45) is 5.79. The van der Waals surface area contributed by atoms with Crippen molar-refractivity contribution >= 4 is 56.8 Å². The molecule has 0 aliphatic carbocycles. The molecule has 0 unspecified atom stereocenters. The zero-order valence-corrected chi connectivity index (χ0v) is 33.7. The van der Waals surface area contributed by atoms with Crippen molar-refractivity contribution in [2.24, 2.45) is 5.92 Å². The predicted molar refractivity (Wildman–Crippen MR) is 226 cm³/mol. The van der Waals surface area contributed by atoms with E-state index in [9.17, 15) is 24.3 Å². The number of nitrogens with one attached hydrogen (secondary N) is 2. The molecule has 0 radical (unpaired) electrons. The van der Waals surface area contributed by atoms with E-state index in [2.05, 4.69) is 37.4 Å². The van der Waals surface area contributed by atoms with Crippen LogP contribution >= 0.6 is 11.6 Å². The van der Waals surface area contributed by atoms with Crippen molar-refractivity contribution in [2.75, 3.05) is 64.7 Å². The number of piperazine rings is 1. The minimum absolute atomic E-state index is 0.0153. The van der Waals surface area contributed by atoms with Gasteiger partial charge in [-0.25, -0.2) is 4.98 Å². The molecule has 0 saturated carbocycles. The third-order valence-corrected chi connectivity index (χ3v) is 11.8. The summed E-state index contributed by atoms with van der Waals surface area (Å²) in [6, 6.07) is 21.9. The molecule has 2 fully saturated rings. The quantitative estimate of drug-likeness (QED) is 0.137. The lowest BCUT2D eigenvalue weighted by molar-refractivity contribution is -0.140. The van der Waals surface area contributed by atoms with Crippen LogP contribution in [0.25, 0.3) is 21.8 Å². The third-order valence-electron chi connectivity index (χ3n) is 11.5. The van der Waals surface area contributed by atoms with Crippen LogP contribution in [0.2, 0.25) is 5.02 Å². The van der Waals surface area contributed by atoms with Crippen LogP contribution in [0, 0.1) is 5.92 Å². The zero-order valence-electron chi connectivity index (χ0n) is 32.9. The van der Waals surface area contributed by atoms with E-state index < -0.39 is 5.60 Å². The van der Waals surface area contributed by atoms with Crippen molar-refractivity contribution in [1.82, 2.24) is 34.6 Å². The van der Waals surface area contributed by atoms with Gasteiger partial charge in [0.2, 0.25) is 11.8 Å². The normalized spacial score (nSPS) is 16.6. The second-order valence-electron chi connectivity index (χ2n) is 15.7. The summed E-state index contributed by atoms with van der Waals surface area (Å²) in [6.45, 7) is 5.75. The summed E-state index contributed by atoms with van der Waals surface area (Å²) in [7, 11) is 2.10. The van der Waals surface area contributed by atoms with Gasteiger partial charge in [-0.1, -0.05) is 48.0 Å². The fourth-order valence-electron chi connectivity index (χ4n) is 7.90. The number of carbonyl (C=O) groups excluding carboxylic acids is 3. The molecule has 58 heavy (non-hydrogen) atoms. The standard InChI is InChI=1S/C44H51ClN8O5/c1-50-22-24-51(25-23-50)19-14-40(54)49-34-10-12-36-39(28-34)48-30-53(43(36)57)29-44(58)15-20-52(21-16-44)42(56)33(26-31-6-3-2-4-7-31)8-5-17-47-41(55)32-9-11-35-37(45)13-18-46-38(35)27-32/h2-4,6-7,9-13,18,27-28,30,33,58H,5,8,14-17,19-26,29H2,1H3,(H,47,55)(H,49,54)/t33-/m0/s1. The van der Waals surface area contributed by atoms with Gasteiger partial charge in [0, 0.05) is 87.5 Å². The Morgan fingerprint density at radius 3 is 2.41 bits per heavy atom. The second-order valence-corrected chi connectivity index (χ2v) is 16.1. The van der Waals surface area contributed by atoms with E-state index in [1.165, 1.54) is 10.9 Å². The fraction of sp³-hybridized carbons (Fsp3) is 0.409. The Kier molecular flexibility index (Phi) is 13.1. The molecule has 304 valence electrons. The average Bonchev–Trinajstić information content (AvgIpc) is 3.23. The topological polar surface area (TPSA) is 153 Å². The number of nitrogens with zero attached hydrogens (tertiary/aromatic N) is 6.